The summed E-state index contributed by atoms with van der Waals surface area (Å²) in [4.78, 5) is 31.5. The van der Waals surface area contributed by atoms with Crippen LogP contribution in [0, 0.1) is 26.7 Å². The lowest BCUT2D eigenvalue weighted by atomic mass is 10.1. The first-order chi connectivity index (χ1) is 13.8. The minimum Gasteiger partial charge on any atom is -0.311 e. The van der Waals surface area contributed by atoms with Gasteiger partial charge in [-0.3, -0.25) is 14.3 Å². The highest BCUT2D eigenvalue weighted by Gasteiger charge is 2.36. The summed E-state index contributed by atoms with van der Waals surface area (Å²) >= 11 is 1.37. The molecule has 3 aromatic rings. The molecule has 0 radical (unpaired) electrons. The van der Waals surface area contributed by atoms with Gasteiger partial charge in [-0.1, -0.05) is 17.7 Å². The van der Waals surface area contributed by atoms with Crippen molar-refractivity contribution in [3.05, 3.63) is 46.6 Å². The molecule has 0 unspecified atom stereocenters. The summed E-state index contributed by atoms with van der Waals surface area (Å²) in [6, 6.07) is 5.99. The van der Waals surface area contributed by atoms with Gasteiger partial charge in [0, 0.05) is 42.8 Å². The van der Waals surface area contributed by atoms with Gasteiger partial charge in [-0.05, 0) is 32.4 Å². The zero-order valence-corrected chi connectivity index (χ0v) is 17.7. The van der Waals surface area contributed by atoms with Gasteiger partial charge in [-0.2, -0.15) is 5.10 Å². The lowest BCUT2D eigenvalue weighted by Crippen LogP contribution is -2.28. The van der Waals surface area contributed by atoms with Gasteiger partial charge in [0.05, 0.1) is 17.3 Å². The first-order valence-electron chi connectivity index (χ1n) is 9.46. The number of hydrogen-bond donors (Lipinski definition) is 1. The van der Waals surface area contributed by atoms with Gasteiger partial charge in [0.25, 0.3) is 0 Å². The van der Waals surface area contributed by atoms with Crippen LogP contribution in [0.2, 0.25) is 0 Å². The van der Waals surface area contributed by atoms with E-state index in [1.165, 1.54) is 11.3 Å². The zero-order valence-electron chi connectivity index (χ0n) is 16.9. The zero-order chi connectivity index (χ0) is 20.7. The Morgan fingerprint density at radius 3 is 2.76 bits per heavy atom. The molecule has 0 bridgehead atoms. The second kappa shape index (κ2) is 7.44. The van der Waals surface area contributed by atoms with Gasteiger partial charge in [0.15, 0.2) is 5.13 Å². The Hall–Kier alpha value is -3.00. The van der Waals surface area contributed by atoms with E-state index in [2.05, 4.69) is 15.4 Å². The van der Waals surface area contributed by atoms with Crippen LogP contribution in [0.5, 0.6) is 0 Å². The van der Waals surface area contributed by atoms with E-state index >= 15 is 0 Å². The van der Waals surface area contributed by atoms with Crippen LogP contribution in [0.15, 0.2) is 29.8 Å². The molecule has 4 rings (SSSR count). The molecule has 0 aliphatic carbocycles. The van der Waals surface area contributed by atoms with E-state index in [-0.39, 0.29) is 18.2 Å². The number of carbonyl (C=O) groups is 2. The molecule has 1 N–H and O–H groups in total. The molecule has 0 spiro atoms. The van der Waals surface area contributed by atoms with E-state index in [4.69, 9.17) is 0 Å². The van der Waals surface area contributed by atoms with Crippen LogP contribution in [0.25, 0.3) is 11.3 Å². The molecular weight excluding hydrogens is 386 g/mol. The molecule has 2 aromatic heterocycles. The van der Waals surface area contributed by atoms with Gasteiger partial charge in [-0.25, -0.2) is 4.98 Å². The van der Waals surface area contributed by atoms with Crippen LogP contribution in [-0.2, 0) is 16.6 Å². The van der Waals surface area contributed by atoms with E-state index < -0.39 is 5.92 Å². The number of anilines is 2. The molecule has 3 heterocycles. The molecule has 2 amide bonds. The van der Waals surface area contributed by atoms with E-state index in [0.717, 1.165) is 33.8 Å². The number of nitrogens with zero attached hydrogens (tertiary/aromatic N) is 4. The Morgan fingerprint density at radius 1 is 1.28 bits per heavy atom. The summed E-state index contributed by atoms with van der Waals surface area (Å²) in [7, 11) is 1.87. The molecule has 0 saturated carbocycles. The standard InChI is InChI=1S/C21H23N5O2S/c1-12-5-6-18(13(2)7-12)26-9-15(8-19(26)27)20(28)23-21-22-17(11-29-21)16-10-25(4)24-14(16)3/h5-7,10-11,15H,8-9H2,1-4H3,(H,22,23,28)/t15-/m1/s1. The Labute approximate surface area is 173 Å². The first-order valence-corrected chi connectivity index (χ1v) is 10.3. The number of nitrogens with one attached hydrogen (secondary N) is 1. The van der Waals surface area contributed by atoms with Crippen molar-refractivity contribution < 1.29 is 9.59 Å². The lowest BCUT2D eigenvalue weighted by Gasteiger charge is -2.19. The quantitative estimate of drug-likeness (QED) is 0.716. The topological polar surface area (TPSA) is 80.1 Å². The monoisotopic (exact) mass is 409 g/mol. The first kappa shape index (κ1) is 19.3. The Kier molecular flexibility index (Phi) is 4.96. The summed E-state index contributed by atoms with van der Waals surface area (Å²) in [6.07, 6.45) is 2.12. The van der Waals surface area contributed by atoms with Crippen LogP contribution in [-0.4, -0.2) is 33.1 Å². The Morgan fingerprint density at radius 2 is 2.07 bits per heavy atom. The maximum Gasteiger partial charge on any atom is 0.231 e. The molecule has 7 nitrogen and oxygen atoms in total. The number of carbonyl (C=O) groups excluding carboxylic acids is 2. The van der Waals surface area contributed by atoms with Gasteiger partial charge >= 0.3 is 0 Å². The molecule has 1 atom stereocenters. The number of aromatic nitrogens is 3. The van der Waals surface area contributed by atoms with Crippen LogP contribution < -0.4 is 10.2 Å². The van der Waals surface area contributed by atoms with Crippen molar-refractivity contribution in [2.45, 2.75) is 27.2 Å². The van der Waals surface area contributed by atoms with Crippen LogP contribution in [0.4, 0.5) is 10.8 Å². The molecule has 29 heavy (non-hydrogen) atoms. The van der Waals surface area contributed by atoms with Crippen LogP contribution >= 0.6 is 11.3 Å². The molecule has 8 heteroatoms. The fourth-order valence-corrected chi connectivity index (χ4v) is 4.45. The number of rotatable bonds is 4. The summed E-state index contributed by atoms with van der Waals surface area (Å²) in [6.45, 7) is 6.32. The summed E-state index contributed by atoms with van der Waals surface area (Å²) in [5.41, 5.74) is 5.68. The summed E-state index contributed by atoms with van der Waals surface area (Å²) in [5, 5.41) is 9.65. The number of amides is 2. The van der Waals surface area contributed by atoms with Crippen LogP contribution in [0.3, 0.4) is 0 Å². The van der Waals surface area contributed by atoms with E-state index in [9.17, 15) is 9.59 Å². The SMILES string of the molecule is Cc1ccc(N2C[C@H](C(=O)Nc3nc(-c4cn(C)nc4C)cs3)CC2=O)c(C)c1. The van der Waals surface area contributed by atoms with Gasteiger partial charge in [-0.15, -0.1) is 11.3 Å². The third-order valence-corrected chi connectivity index (χ3v) is 5.92. The minimum absolute atomic E-state index is 0.0251. The van der Waals surface area contributed by atoms with Crippen molar-refractivity contribution in [2.24, 2.45) is 13.0 Å². The molecule has 1 aromatic carbocycles. The van der Waals surface area contributed by atoms with Crippen molar-refractivity contribution in [1.29, 1.82) is 0 Å². The maximum absolute atomic E-state index is 12.8. The molecule has 150 valence electrons. The smallest absolute Gasteiger partial charge is 0.231 e. The number of thiazole rings is 1. The van der Waals surface area contributed by atoms with Gasteiger partial charge in [0.2, 0.25) is 11.8 Å². The van der Waals surface area contributed by atoms with Gasteiger partial charge in [0.1, 0.15) is 0 Å². The van der Waals surface area contributed by atoms with Crippen molar-refractivity contribution in [3.8, 4) is 11.3 Å². The Bertz CT molecular complexity index is 1100. The molecule has 1 aliphatic heterocycles. The van der Waals surface area contributed by atoms with Gasteiger partial charge < -0.3 is 10.2 Å². The number of hydrogen-bond acceptors (Lipinski definition) is 5. The third-order valence-electron chi connectivity index (χ3n) is 5.16. The summed E-state index contributed by atoms with van der Waals surface area (Å²) in [5.74, 6) is -0.590. The largest absolute Gasteiger partial charge is 0.311 e. The average molecular weight is 410 g/mol. The van der Waals surface area contributed by atoms with Crippen molar-refractivity contribution in [1.82, 2.24) is 14.8 Å². The Balaban J connectivity index is 1.46. The van der Waals surface area contributed by atoms with E-state index in [0.29, 0.717) is 11.7 Å². The second-order valence-electron chi connectivity index (χ2n) is 7.52. The van der Waals surface area contributed by atoms with Crippen LogP contribution in [0.1, 0.15) is 23.2 Å². The summed E-state index contributed by atoms with van der Waals surface area (Å²) < 4.78 is 1.74. The molecule has 1 saturated heterocycles. The molecular formula is C21H23N5O2S. The van der Waals surface area contributed by atoms with E-state index in [1.54, 1.807) is 9.58 Å². The highest BCUT2D eigenvalue weighted by atomic mass is 32.1. The maximum atomic E-state index is 12.8. The average Bonchev–Trinajstić information content (AvgIpc) is 3.34. The molecule has 1 aliphatic rings. The highest BCUT2D eigenvalue weighted by Crippen LogP contribution is 2.30. The molecule has 1 fully saturated rings. The second-order valence-corrected chi connectivity index (χ2v) is 8.38. The number of benzene rings is 1. The fourth-order valence-electron chi connectivity index (χ4n) is 3.74. The number of aryl methyl sites for hydroxylation is 4. The highest BCUT2D eigenvalue weighted by molar-refractivity contribution is 7.14. The van der Waals surface area contributed by atoms with Crippen molar-refractivity contribution in [2.75, 3.05) is 16.8 Å². The normalized spacial score (nSPS) is 16.5. The fraction of sp³-hybridized carbons (Fsp3) is 0.333. The lowest BCUT2D eigenvalue weighted by molar-refractivity contribution is -0.122. The predicted molar refractivity (Wildman–Crippen MR) is 114 cm³/mol. The predicted octanol–water partition coefficient (Wildman–Crippen LogP) is 3.46. The third kappa shape index (κ3) is 3.80. The van der Waals surface area contributed by atoms with Crippen molar-refractivity contribution >= 4 is 34.0 Å². The minimum atomic E-state index is -0.393. The van der Waals surface area contributed by atoms with E-state index in [1.807, 2.05) is 57.6 Å². The van der Waals surface area contributed by atoms with Crippen molar-refractivity contribution in [3.63, 3.8) is 0 Å².